The molecule has 1 heterocycles. The molecule has 1 aromatic heterocycles. The van der Waals surface area contributed by atoms with Gasteiger partial charge >= 0.3 is 0 Å². The van der Waals surface area contributed by atoms with Crippen LogP contribution in [0.3, 0.4) is 0 Å². The van der Waals surface area contributed by atoms with Crippen LogP contribution < -0.4 is 9.46 Å². The summed E-state index contributed by atoms with van der Waals surface area (Å²) in [6.45, 7) is 7.32. The van der Waals surface area contributed by atoms with Crippen LogP contribution in [0, 0.1) is 13.8 Å². The van der Waals surface area contributed by atoms with Crippen LogP contribution in [-0.4, -0.2) is 19.7 Å². The van der Waals surface area contributed by atoms with E-state index in [1.54, 1.807) is 26.0 Å². The van der Waals surface area contributed by atoms with Crippen LogP contribution >= 0.6 is 0 Å². The van der Waals surface area contributed by atoms with E-state index in [2.05, 4.69) is 9.88 Å². The third-order valence-electron chi connectivity index (χ3n) is 2.69. The maximum absolute atomic E-state index is 12.3. The summed E-state index contributed by atoms with van der Waals surface area (Å²) in [6, 6.07) is 6.23. The van der Waals surface area contributed by atoms with Crippen molar-refractivity contribution >= 4 is 15.8 Å². The van der Waals surface area contributed by atoms with Gasteiger partial charge in [-0.1, -0.05) is 5.16 Å². The summed E-state index contributed by atoms with van der Waals surface area (Å²) in [4.78, 5) is 0.150. The van der Waals surface area contributed by atoms with Gasteiger partial charge in [-0.3, -0.25) is 4.72 Å². The van der Waals surface area contributed by atoms with Crippen LogP contribution in [0.2, 0.25) is 0 Å². The Morgan fingerprint density at radius 2 is 1.95 bits per heavy atom. The molecule has 0 bridgehead atoms. The molecule has 1 aromatic carbocycles. The van der Waals surface area contributed by atoms with E-state index in [1.165, 1.54) is 12.1 Å². The number of anilines is 1. The van der Waals surface area contributed by atoms with Gasteiger partial charge in [0.05, 0.1) is 11.0 Å². The highest BCUT2D eigenvalue weighted by molar-refractivity contribution is 7.92. The summed E-state index contributed by atoms with van der Waals surface area (Å²) >= 11 is 0. The van der Waals surface area contributed by atoms with Gasteiger partial charge in [-0.05, 0) is 51.5 Å². The molecule has 0 saturated heterocycles. The van der Waals surface area contributed by atoms with Gasteiger partial charge in [0, 0.05) is 6.07 Å². The quantitative estimate of drug-likeness (QED) is 0.918. The number of aromatic nitrogens is 1. The molecule has 2 aromatic rings. The highest BCUT2D eigenvalue weighted by Crippen LogP contribution is 2.24. The normalized spacial score (nSPS) is 11.7. The first-order valence-electron chi connectivity index (χ1n) is 6.51. The molecule has 0 aliphatic heterocycles. The second kappa shape index (κ2) is 5.77. The monoisotopic (exact) mass is 310 g/mol. The van der Waals surface area contributed by atoms with Gasteiger partial charge in [0.1, 0.15) is 11.5 Å². The minimum Gasteiger partial charge on any atom is -0.491 e. The van der Waals surface area contributed by atoms with E-state index in [1.807, 2.05) is 13.8 Å². The largest absolute Gasteiger partial charge is 0.491 e. The molecule has 114 valence electrons. The van der Waals surface area contributed by atoms with E-state index < -0.39 is 10.0 Å². The molecule has 0 radical (unpaired) electrons. The summed E-state index contributed by atoms with van der Waals surface area (Å²) in [5.74, 6) is 1.36. The van der Waals surface area contributed by atoms with Gasteiger partial charge < -0.3 is 9.26 Å². The van der Waals surface area contributed by atoms with Crippen molar-refractivity contribution in [3.8, 4) is 5.75 Å². The van der Waals surface area contributed by atoms with Gasteiger partial charge in [0.25, 0.3) is 10.0 Å². The van der Waals surface area contributed by atoms with E-state index in [-0.39, 0.29) is 16.8 Å². The average Bonchev–Trinajstić information content (AvgIpc) is 2.76. The molecular weight excluding hydrogens is 292 g/mol. The fourth-order valence-corrected chi connectivity index (χ4v) is 2.85. The van der Waals surface area contributed by atoms with Crippen LogP contribution in [0.1, 0.15) is 25.2 Å². The number of nitrogens with zero attached hydrogens (tertiary/aromatic N) is 1. The first kappa shape index (κ1) is 15.4. The molecule has 0 atom stereocenters. The Hall–Kier alpha value is -2.02. The molecule has 0 saturated carbocycles. The zero-order valence-electron chi connectivity index (χ0n) is 12.4. The molecular formula is C14H18N2O4S. The van der Waals surface area contributed by atoms with Crippen molar-refractivity contribution in [1.29, 1.82) is 0 Å². The Morgan fingerprint density at radius 3 is 2.48 bits per heavy atom. The maximum atomic E-state index is 12.3. The SMILES string of the molecule is Cc1cc(NS(=O)(=O)c2ccc(OC(C)C)c(C)c2)no1. The lowest BCUT2D eigenvalue weighted by Crippen LogP contribution is -2.14. The predicted octanol–water partition coefficient (Wildman–Crippen LogP) is 2.88. The number of nitrogens with one attached hydrogen (secondary N) is 1. The van der Waals surface area contributed by atoms with Crippen molar-refractivity contribution < 1.29 is 17.7 Å². The highest BCUT2D eigenvalue weighted by Gasteiger charge is 2.17. The molecule has 6 nitrogen and oxygen atoms in total. The van der Waals surface area contributed by atoms with Crippen molar-refractivity contribution in [2.75, 3.05) is 4.72 Å². The maximum Gasteiger partial charge on any atom is 0.263 e. The summed E-state index contributed by atoms with van der Waals surface area (Å²) in [5.41, 5.74) is 0.753. The molecule has 0 fully saturated rings. The first-order chi connectivity index (χ1) is 9.78. The van der Waals surface area contributed by atoms with Crippen LogP contribution in [0.15, 0.2) is 33.7 Å². The third-order valence-corrected chi connectivity index (χ3v) is 4.04. The second-order valence-corrected chi connectivity index (χ2v) is 6.70. The van der Waals surface area contributed by atoms with E-state index in [0.717, 1.165) is 5.56 Å². The van der Waals surface area contributed by atoms with Gasteiger partial charge in [-0.15, -0.1) is 0 Å². The lowest BCUT2D eigenvalue weighted by molar-refractivity contribution is 0.240. The van der Waals surface area contributed by atoms with Gasteiger partial charge in [-0.25, -0.2) is 8.42 Å². The van der Waals surface area contributed by atoms with E-state index >= 15 is 0 Å². The van der Waals surface area contributed by atoms with Crippen molar-refractivity contribution in [1.82, 2.24) is 5.16 Å². The Morgan fingerprint density at radius 1 is 1.24 bits per heavy atom. The Labute approximate surface area is 124 Å². The van der Waals surface area contributed by atoms with Crippen molar-refractivity contribution in [3.05, 3.63) is 35.6 Å². The summed E-state index contributed by atoms with van der Waals surface area (Å²) < 4.78 is 37.3. The van der Waals surface area contributed by atoms with Crippen molar-refractivity contribution in [2.24, 2.45) is 0 Å². The minimum absolute atomic E-state index is 0.0300. The number of aryl methyl sites for hydroxylation is 2. The van der Waals surface area contributed by atoms with Crippen molar-refractivity contribution in [3.63, 3.8) is 0 Å². The summed E-state index contributed by atoms with van der Waals surface area (Å²) in [5, 5.41) is 3.62. The smallest absolute Gasteiger partial charge is 0.263 e. The van der Waals surface area contributed by atoms with E-state index in [4.69, 9.17) is 9.26 Å². The summed E-state index contributed by atoms with van der Waals surface area (Å²) in [7, 11) is -3.70. The van der Waals surface area contributed by atoms with Gasteiger partial charge in [0.2, 0.25) is 0 Å². The molecule has 1 N–H and O–H groups in total. The van der Waals surface area contributed by atoms with Gasteiger partial charge in [0.15, 0.2) is 5.82 Å². The minimum atomic E-state index is -3.70. The summed E-state index contributed by atoms with van der Waals surface area (Å²) in [6.07, 6.45) is 0.0300. The van der Waals surface area contributed by atoms with Crippen LogP contribution in [0.4, 0.5) is 5.82 Å². The molecule has 21 heavy (non-hydrogen) atoms. The number of hydrogen-bond donors (Lipinski definition) is 1. The van der Waals surface area contributed by atoms with E-state index in [9.17, 15) is 8.42 Å². The first-order valence-corrected chi connectivity index (χ1v) is 7.99. The number of rotatable bonds is 5. The molecule has 0 unspecified atom stereocenters. The predicted molar refractivity (Wildman–Crippen MR) is 79.0 cm³/mol. The standard InChI is InChI=1S/C14H18N2O4S/c1-9(2)19-13-6-5-12(7-10(13)3)21(17,18)16-14-8-11(4)20-15-14/h5-9H,1-4H3,(H,15,16). The second-order valence-electron chi connectivity index (χ2n) is 5.02. The molecule has 0 amide bonds. The fourth-order valence-electron chi connectivity index (χ4n) is 1.79. The number of ether oxygens (including phenoxy) is 1. The Bertz CT molecular complexity index is 735. The van der Waals surface area contributed by atoms with E-state index in [0.29, 0.717) is 11.5 Å². The Balaban J connectivity index is 2.26. The van der Waals surface area contributed by atoms with Crippen LogP contribution in [0.25, 0.3) is 0 Å². The molecule has 0 spiro atoms. The van der Waals surface area contributed by atoms with Crippen LogP contribution in [0.5, 0.6) is 5.75 Å². The zero-order chi connectivity index (χ0) is 15.6. The number of benzene rings is 1. The average molecular weight is 310 g/mol. The fraction of sp³-hybridized carbons (Fsp3) is 0.357. The molecule has 0 aliphatic carbocycles. The number of sulfonamides is 1. The van der Waals surface area contributed by atoms with Gasteiger partial charge in [-0.2, -0.15) is 0 Å². The molecule has 0 aliphatic rings. The highest BCUT2D eigenvalue weighted by atomic mass is 32.2. The molecule has 2 rings (SSSR count). The van der Waals surface area contributed by atoms with Crippen molar-refractivity contribution in [2.45, 2.75) is 38.7 Å². The van der Waals surface area contributed by atoms with Crippen LogP contribution in [-0.2, 0) is 10.0 Å². The zero-order valence-corrected chi connectivity index (χ0v) is 13.2. The molecule has 7 heteroatoms. The Kier molecular flexibility index (Phi) is 4.22. The topological polar surface area (TPSA) is 81.4 Å². The number of hydrogen-bond acceptors (Lipinski definition) is 5. The lowest BCUT2D eigenvalue weighted by atomic mass is 10.2. The third kappa shape index (κ3) is 3.75. The lowest BCUT2D eigenvalue weighted by Gasteiger charge is -2.13.